The summed E-state index contributed by atoms with van der Waals surface area (Å²) in [7, 11) is 0. The van der Waals surface area contributed by atoms with Crippen molar-refractivity contribution in [2.24, 2.45) is 5.92 Å². The first-order chi connectivity index (χ1) is 11.5. The van der Waals surface area contributed by atoms with Crippen molar-refractivity contribution < 1.29 is 23.5 Å². The average Bonchev–Trinajstić information content (AvgIpc) is 2.51. The maximum absolute atomic E-state index is 12.9. The van der Waals surface area contributed by atoms with E-state index in [1.807, 2.05) is 0 Å². The van der Waals surface area contributed by atoms with Gasteiger partial charge in [-0.3, -0.25) is 14.4 Å². The van der Waals surface area contributed by atoms with Crippen molar-refractivity contribution in [3.63, 3.8) is 0 Å². The largest absolute Gasteiger partial charge is 0.455 e. The van der Waals surface area contributed by atoms with Gasteiger partial charge in [0.05, 0.1) is 5.92 Å². The lowest BCUT2D eigenvalue weighted by molar-refractivity contribution is -0.157. The molecule has 0 spiro atoms. The smallest absolute Gasteiger partial charge is 0.308 e. The van der Waals surface area contributed by atoms with Crippen molar-refractivity contribution in [3.05, 3.63) is 30.1 Å². The summed E-state index contributed by atoms with van der Waals surface area (Å²) in [6.07, 6.45) is 0. The first-order valence-corrected chi connectivity index (χ1v) is 8.03. The van der Waals surface area contributed by atoms with Gasteiger partial charge in [0.15, 0.2) is 6.61 Å². The molecule has 0 unspecified atom stereocenters. The van der Waals surface area contributed by atoms with Crippen LogP contribution in [0.3, 0.4) is 0 Å². The highest BCUT2D eigenvalue weighted by molar-refractivity contribution is 5.95. The van der Waals surface area contributed by atoms with Crippen LogP contribution in [-0.4, -0.2) is 41.4 Å². The number of carbonyl (C=O) groups excluding carboxylic acids is 3. The Kier molecular flexibility index (Phi) is 7.09. The molecule has 6 nitrogen and oxygen atoms in total. The molecule has 25 heavy (non-hydrogen) atoms. The highest BCUT2D eigenvalue weighted by Gasteiger charge is 2.29. The van der Waals surface area contributed by atoms with Crippen LogP contribution in [0.4, 0.5) is 10.1 Å². The van der Waals surface area contributed by atoms with Crippen LogP contribution in [-0.2, 0) is 19.1 Å². The number of hydrogen-bond donors (Lipinski definition) is 1. The Bertz CT molecular complexity index is 621. The molecule has 0 aromatic heterocycles. The lowest BCUT2D eigenvalue weighted by Gasteiger charge is -2.35. The normalized spacial score (nSPS) is 11.2. The summed E-state index contributed by atoms with van der Waals surface area (Å²) in [6, 6.07) is 5.32. The van der Waals surface area contributed by atoms with Crippen molar-refractivity contribution in [1.29, 1.82) is 0 Å². The number of nitrogens with zero attached hydrogens (tertiary/aromatic N) is 1. The molecule has 0 aliphatic heterocycles. The van der Waals surface area contributed by atoms with Gasteiger partial charge in [-0.25, -0.2) is 4.39 Å². The number of benzene rings is 1. The van der Waals surface area contributed by atoms with Gasteiger partial charge in [0.1, 0.15) is 12.4 Å². The number of hydrogen-bond acceptors (Lipinski definition) is 4. The van der Waals surface area contributed by atoms with Gasteiger partial charge in [0.25, 0.3) is 5.91 Å². The van der Waals surface area contributed by atoms with Gasteiger partial charge in [-0.2, -0.15) is 0 Å². The summed E-state index contributed by atoms with van der Waals surface area (Å²) in [4.78, 5) is 37.4. The Morgan fingerprint density at radius 1 is 1.16 bits per heavy atom. The quantitative estimate of drug-likeness (QED) is 0.799. The van der Waals surface area contributed by atoms with Gasteiger partial charge in [0.2, 0.25) is 5.91 Å². The number of esters is 1. The highest BCUT2D eigenvalue weighted by Crippen LogP contribution is 2.15. The Morgan fingerprint density at radius 3 is 2.20 bits per heavy atom. The molecule has 1 N–H and O–H groups in total. The highest BCUT2D eigenvalue weighted by atomic mass is 19.1. The number of halogens is 1. The summed E-state index contributed by atoms with van der Waals surface area (Å²) < 4.78 is 17.8. The van der Waals surface area contributed by atoms with Crippen LogP contribution in [0.1, 0.15) is 34.6 Å². The molecular formula is C18H25FN2O4. The van der Waals surface area contributed by atoms with Crippen molar-refractivity contribution in [1.82, 2.24) is 4.90 Å². The topological polar surface area (TPSA) is 75.7 Å². The fraction of sp³-hybridized carbons (Fsp3) is 0.500. The summed E-state index contributed by atoms with van der Waals surface area (Å²) >= 11 is 0. The van der Waals surface area contributed by atoms with Gasteiger partial charge in [-0.05, 0) is 45.0 Å². The molecule has 0 aliphatic carbocycles. The van der Waals surface area contributed by atoms with E-state index in [4.69, 9.17) is 4.74 Å². The van der Waals surface area contributed by atoms with E-state index in [-0.39, 0.29) is 12.5 Å². The second-order valence-electron chi connectivity index (χ2n) is 6.97. The number of rotatable bonds is 6. The van der Waals surface area contributed by atoms with Gasteiger partial charge < -0.3 is 15.0 Å². The molecule has 2 amide bonds. The Hall–Kier alpha value is -2.44. The molecular weight excluding hydrogens is 327 g/mol. The molecule has 0 atom stereocenters. The predicted molar refractivity (Wildman–Crippen MR) is 92.3 cm³/mol. The summed E-state index contributed by atoms with van der Waals surface area (Å²) in [5, 5.41) is 2.60. The minimum absolute atomic E-state index is 0.209. The second-order valence-corrected chi connectivity index (χ2v) is 6.97. The van der Waals surface area contributed by atoms with E-state index in [9.17, 15) is 18.8 Å². The first-order valence-electron chi connectivity index (χ1n) is 8.03. The Morgan fingerprint density at radius 2 is 1.72 bits per heavy atom. The van der Waals surface area contributed by atoms with E-state index >= 15 is 0 Å². The molecule has 0 heterocycles. The lowest BCUT2D eigenvalue weighted by atomic mass is 10.1. The third kappa shape index (κ3) is 6.91. The van der Waals surface area contributed by atoms with E-state index < -0.39 is 35.7 Å². The van der Waals surface area contributed by atoms with Crippen molar-refractivity contribution in [3.8, 4) is 0 Å². The predicted octanol–water partition coefficient (Wildman–Crippen LogP) is 2.59. The number of anilines is 1. The van der Waals surface area contributed by atoms with Gasteiger partial charge in [0, 0.05) is 11.2 Å². The summed E-state index contributed by atoms with van der Waals surface area (Å²) in [5.41, 5.74) is -0.208. The van der Waals surface area contributed by atoms with E-state index in [2.05, 4.69) is 5.32 Å². The maximum atomic E-state index is 12.9. The fourth-order valence-electron chi connectivity index (χ4n) is 1.95. The molecule has 1 aromatic rings. The van der Waals surface area contributed by atoms with Gasteiger partial charge >= 0.3 is 5.97 Å². The molecule has 0 bridgehead atoms. The zero-order valence-electron chi connectivity index (χ0n) is 15.3. The number of ether oxygens (including phenoxy) is 1. The minimum Gasteiger partial charge on any atom is -0.455 e. The summed E-state index contributed by atoms with van der Waals surface area (Å²) in [5.74, 6) is -2.10. The Balaban J connectivity index is 2.72. The monoisotopic (exact) mass is 352 g/mol. The van der Waals surface area contributed by atoms with Crippen molar-refractivity contribution in [2.45, 2.75) is 40.2 Å². The van der Waals surface area contributed by atoms with Crippen LogP contribution in [0.25, 0.3) is 0 Å². The molecule has 0 saturated carbocycles. The molecule has 0 aliphatic rings. The second kappa shape index (κ2) is 8.60. The van der Waals surface area contributed by atoms with Gasteiger partial charge in [-0.1, -0.05) is 13.8 Å². The van der Waals surface area contributed by atoms with E-state index in [1.54, 1.807) is 34.6 Å². The molecule has 7 heteroatoms. The lowest BCUT2D eigenvalue weighted by Crippen LogP contribution is -2.50. The van der Waals surface area contributed by atoms with Crippen molar-refractivity contribution in [2.75, 3.05) is 18.5 Å². The van der Waals surface area contributed by atoms with E-state index in [0.29, 0.717) is 5.69 Å². The van der Waals surface area contributed by atoms with Gasteiger partial charge in [-0.15, -0.1) is 0 Å². The summed E-state index contributed by atoms with van der Waals surface area (Å²) in [6.45, 7) is 8.05. The van der Waals surface area contributed by atoms with Crippen LogP contribution in [0, 0.1) is 11.7 Å². The Labute approximate surface area is 147 Å². The van der Waals surface area contributed by atoms with Crippen LogP contribution in [0.5, 0.6) is 0 Å². The molecule has 0 saturated heterocycles. The van der Waals surface area contributed by atoms with Crippen LogP contribution < -0.4 is 5.32 Å². The zero-order chi connectivity index (χ0) is 19.2. The third-order valence-corrected chi connectivity index (χ3v) is 3.35. The third-order valence-electron chi connectivity index (χ3n) is 3.35. The molecule has 0 radical (unpaired) electrons. The molecule has 1 aromatic carbocycles. The standard InChI is InChI=1S/C18H25FN2O4/c1-12(2)17(24)25-11-16(23)21(18(3,4)5)10-15(22)20-14-8-6-13(19)7-9-14/h6-9,12H,10-11H2,1-5H3,(H,20,22). The molecule has 1 rings (SSSR count). The zero-order valence-corrected chi connectivity index (χ0v) is 15.3. The van der Waals surface area contributed by atoms with E-state index in [0.717, 1.165) is 0 Å². The number of amides is 2. The number of nitrogens with one attached hydrogen (secondary N) is 1. The molecule has 0 fully saturated rings. The number of carbonyl (C=O) groups is 3. The average molecular weight is 352 g/mol. The van der Waals surface area contributed by atoms with Crippen LogP contribution in [0.2, 0.25) is 0 Å². The van der Waals surface area contributed by atoms with Crippen LogP contribution >= 0.6 is 0 Å². The van der Waals surface area contributed by atoms with Crippen molar-refractivity contribution >= 4 is 23.5 Å². The minimum atomic E-state index is -0.637. The van der Waals surface area contributed by atoms with E-state index in [1.165, 1.54) is 29.2 Å². The van der Waals surface area contributed by atoms with Crippen LogP contribution in [0.15, 0.2) is 24.3 Å². The maximum Gasteiger partial charge on any atom is 0.308 e. The SMILES string of the molecule is CC(C)C(=O)OCC(=O)N(CC(=O)Nc1ccc(F)cc1)C(C)(C)C. The molecule has 138 valence electrons. The fourth-order valence-corrected chi connectivity index (χ4v) is 1.95. The first kappa shape index (κ1) is 20.6.